The van der Waals surface area contributed by atoms with Crippen molar-refractivity contribution in [3.63, 3.8) is 0 Å². The van der Waals surface area contributed by atoms with Crippen molar-refractivity contribution in [1.29, 1.82) is 0 Å². The average molecular weight is 302 g/mol. The quantitative estimate of drug-likeness (QED) is 0.918. The van der Waals surface area contributed by atoms with Crippen LogP contribution in [0, 0.1) is 0 Å². The minimum atomic E-state index is 0.237. The number of benzene rings is 1. The summed E-state index contributed by atoms with van der Waals surface area (Å²) in [6.07, 6.45) is 5.19. The lowest BCUT2D eigenvalue weighted by Gasteiger charge is -2.32. The molecule has 4 heteroatoms. The molecule has 2 unspecified atom stereocenters. The van der Waals surface area contributed by atoms with Gasteiger partial charge in [0.1, 0.15) is 0 Å². The molecule has 0 radical (unpaired) electrons. The van der Waals surface area contributed by atoms with Gasteiger partial charge in [-0.15, -0.1) is 0 Å². The second kappa shape index (κ2) is 7.25. The fourth-order valence-electron chi connectivity index (χ4n) is 2.85. The fraction of sp³-hybridized carbons (Fsp3) is 0.471. The Morgan fingerprint density at radius 2 is 2.38 bits per heavy atom. The molecule has 3 rings (SSSR count). The van der Waals surface area contributed by atoms with E-state index in [9.17, 15) is 0 Å². The van der Waals surface area contributed by atoms with Crippen LogP contribution in [-0.4, -0.2) is 35.7 Å². The number of aromatic nitrogens is 1. The number of nitrogens with one attached hydrogen (secondary N) is 1. The van der Waals surface area contributed by atoms with Gasteiger partial charge in [0.2, 0.25) is 0 Å². The van der Waals surface area contributed by atoms with E-state index in [0.717, 1.165) is 31.1 Å². The number of thioether (sulfide) groups is 1. The van der Waals surface area contributed by atoms with E-state index in [4.69, 9.17) is 4.74 Å². The van der Waals surface area contributed by atoms with E-state index in [1.165, 1.54) is 16.3 Å². The zero-order valence-corrected chi connectivity index (χ0v) is 13.2. The Balaban J connectivity index is 1.96. The number of fused-ring (bicyclic) bond motifs is 1. The molecular weight excluding hydrogens is 280 g/mol. The van der Waals surface area contributed by atoms with Crippen molar-refractivity contribution in [2.75, 3.05) is 24.7 Å². The summed E-state index contributed by atoms with van der Waals surface area (Å²) in [5.74, 6) is 2.16. The second-order valence-corrected chi connectivity index (χ2v) is 6.51. The van der Waals surface area contributed by atoms with Crippen LogP contribution in [-0.2, 0) is 4.74 Å². The number of pyridine rings is 1. The third-order valence-electron chi connectivity index (χ3n) is 3.88. The van der Waals surface area contributed by atoms with Gasteiger partial charge in [-0.25, -0.2) is 0 Å². The van der Waals surface area contributed by atoms with Crippen LogP contribution in [0.1, 0.15) is 24.9 Å². The number of nitrogens with zero attached hydrogens (tertiary/aromatic N) is 1. The van der Waals surface area contributed by atoms with E-state index >= 15 is 0 Å². The van der Waals surface area contributed by atoms with Crippen molar-refractivity contribution in [3.8, 4) is 0 Å². The van der Waals surface area contributed by atoms with Crippen molar-refractivity contribution >= 4 is 22.5 Å². The van der Waals surface area contributed by atoms with Gasteiger partial charge in [0, 0.05) is 29.3 Å². The summed E-state index contributed by atoms with van der Waals surface area (Å²) in [6, 6.07) is 8.81. The molecule has 2 aromatic rings. The third-order valence-corrected chi connectivity index (χ3v) is 4.90. The van der Waals surface area contributed by atoms with Crippen LogP contribution in [0.5, 0.6) is 0 Å². The van der Waals surface area contributed by atoms with Crippen LogP contribution < -0.4 is 5.32 Å². The van der Waals surface area contributed by atoms with Gasteiger partial charge in [-0.1, -0.05) is 25.1 Å². The van der Waals surface area contributed by atoms with Gasteiger partial charge in [0.25, 0.3) is 0 Å². The predicted molar refractivity (Wildman–Crippen MR) is 89.8 cm³/mol. The van der Waals surface area contributed by atoms with Gasteiger partial charge in [0.15, 0.2) is 0 Å². The summed E-state index contributed by atoms with van der Waals surface area (Å²) in [5.41, 5.74) is 1.31. The first kappa shape index (κ1) is 14.8. The normalized spacial score (nSPS) is 20.5. The van der Waals surface area contributed by atoms with Gasteiger partial charge >= 0.3 is 0 Å². The molecular formula is C17H22N2OS. The van der Waals surface area contributed by atoms with Crippen molar-refractivity contribution in [2.45, 2.75) is 25.5 Å². The molecule has 112 valence electrons. The van der Waals surface area contributed by atoms with E-state index in [-0.39, 0.29) is 12.1 Å². The van der Waals surface area contributed by atoms with Crippen LogP contribution in [0.3, 0.4) is 0 Å². The molecule has 1 N–H and O–H groups in total. The maximum Gasteiger partial charge on any atom is 0.0860 e. The molecule has 1 aromatic carbocycles. The number of rotatable bonds is 5. The lowest BCUT2D eigenvalue weighted by Crippen LogP contribution is -2.38. The second-order valence-electron chi connectivity index (χ2n) is 5.36. The Labute approximate surface area is 130 Å². The zero-order valence-electron chi connectivity index (χ0n) is 12.4. The summed E-state index contributed by atoms with van der Waals surface area (Å²) in [4.78, 5) is 4.31. The molecule has 0 spiro atoms. The lowest BCUT2D eigenvalue weighted by atomic mass is 9.96. The molecule has 2 atom stereocenters. The minimum Gasteiger partial charge on any atom is -0.375 e. The summed E-state index contributed by atoms with van der Waals surface area (Å²) in [6.45, 7) is 4.06. The Kier molecular flexibility index (Phi) is 5.12. The van der Waals surface area contributed by atoms with Crippen LogP contribution in [0.4, 0.5) is 0 Å². The Morgan fingerprint density at radius 1 is 1.43 bits per heavy atom. The summed E-state index contributed by atoms with van der Waals surface area (Å²) < 4.78 is 6.04. The Bertz CT molecular complexity index is 579. The van der Waals surface area contributed by atoms with Gasteiger partial charge in [-0.05, 0) is 30.0 Å². The topological polar surface area (TPSA) is 34.2 Å². The van der Waals surface area contributed by atoms with Crippen LogP contribution in [0.25, 0.3) is 10.8 Å². The molecule has 0 aliphatic carbocycles. The largest absolute Gasteiger partial charge is 0.375 e. The number of hydrogen-bond acceptors (Lipinski definition) is 4. The van der Waals surface area contributed by atoms with Crippen LogP contribution >= 0.6 is 11.8 Å². The van der Waals surface area contributed by atoms with Crippen molar-refractivity contribution in [3.05, 3.63) is 42.2 Å². The smallest absolute Gasteiger partial charge is 0.0860 e. The Hall–Kier alpha value is -1.10. The minimum absolute atomic E-state index is 0.237. The summed E-state index contributed by atoms with van der Waals surface area (Å²) in [5, 5.41) is 6.16. The summed E-state index contributed by atoms with van der Waals surface area (Å²) in [7, 11) is 0. The van der Waals surface area contributed by atoms with Crippen molar-refractivity contribution < 1.29 is 4.74 Å². The number of ether oxygens (including phenoxy) is 1. The average Bonchev–Trinajstić information content (AvgIpc) is 2.56. The maximum atomic E-state index is 6.04. The zero-order chi connectivity index (χ0) is 14.5. The monoisotopic (exact) mass is 302 g/mol. The molecule has 21 heavy (non-hydrogen) atoms. The van der Waals surface area contributed by atoms with E-state index in [0.29, 0.717) is 0 Å². The first-order chi connectivity index (χ1) is 10.4. The standard InChI is InChI=1S/C17H22N2OS/c1-2-7-19-17(16-12-21-10-9-20-16)14-5-3-4-13-6-8-18-11-15(13)14/h3-6,8,11,16-17,19H,2,7,9-10,12H2,1H3. The maximum absolute atomic E-state index is 6.04. The predicted octanol–water partition coefficient (Wildman–Crippen LogP) is 3.41. The highest BCUT2D eigenvalue weighted by Gasteiger charge is 2.27. The van der Waals surface area contributed by atoms with Crippen LogP contribution in [0.15, 0.2) is 36.7 Å². The molecule has 2 heterocycles. The summed E-state index contributed by atoms with van der Waals surface area (Å²) >= 11 is 1.98. The van der Waals surface area contributed by atoms with Crippen LogP contribution in [0.2, 0.25) is 0 Å². The third kappa shape index (κ3) is 3.39. The molecule has 1 aliphatic rings. The Morgan fingerprint density at radius 3 is 3.19 bits per heavy atom. The van der Waals surface area contributed by atoms with Gasteiger partial charge < -0.3 is 10.1 Å². The molecule has 1 aromatic heterocycles. The van der Waals surface area contributed by atoms with Gasteiger partial charge in [-0.3, -0.25) is 4.98 Å². The fourth-order valence-corrected chi connectivity index (χ4v) is 3.75. The first-order valence-corrected chi connectivity index (χ1v) is 8.81. The highest BCUT2D eigenvalue weighted by Crippen LogP contribution is 2.30. The number of hydrogen-bond donors (Lipinski definition) is 1. The highest BCUT2D eigenvalue weighted by atomic mass is 32.2. The van der Waals surface area contributed by atoms with Gasteiger partial charge in [-0.2, -0.15) is 11.8 Å². The molecule has 0 amide bonds. The van der Waals surface area contributed by atoms with E-state index < -0.39 is 0 Å². The first-order valence-electron chi connectivity index (χ1n) is 7.65. The van der Waals surface area contributed by atoms with E-state index in [2.05, 4.69) is 41.5 Å². The lowest BCUT2D eigenvalue weighted by molar-refractivity contribution is 0.0472. The van der Waals surface area contributed by atoms with Crippen molar-refractivity contribution in [1.82, 2.24) is 10.3 Å². The van der Waals surface area contributed by atoms with E-state index in [1.807, 2.05) is 24.2 Å². The van der Waals surface area contributed by atoms with Gasteiger partial charge in [0.05, 0.1) is 18.8 Å². The highest BCUT2D eigenvalue weighted by molar-refractivity contribution is 7.99. The molecule has 1 fully saturated rings. The molecule has 1 saturated heterocycles. The molecule has 0 saturated carbocycles. The molecule has 1 aliphatic heterocycles. The molecule has 0 bridgehead atoms. The SMILES string of the molecule is CCCNC(c1cccc2ccncc12)C1CSCCO1. The molecule has 3 nitrogen and oxygen atoms in total. The van der Waals surface area contributed by atoms with Crippen molar-refractivity contribution in [2.24, 2.45) is 0 Å². The van der Waals surface area contributed by atoms with E-state index in [1.54, 1.807) is 0 Å².